The Morgan fingerprint density at radius 3 is 2.71 bits per heavy atom. The first kappa shape index (κ1) is 14.8. The number of carbonyl (C=O) groups excluding carboxylic acids is 2. The van der Waals surface area contributed by atoms with Gasteiger partial charge in [-0.15, -0.1) is 0 Å². The maximum absolute atomic E-state index is 14.1. The molecule has 0 unspecified atom stereocenters. The first-order valence-corrected chi connectivity index (χ1v) is 7.83. The smallest absolute Gasteiger partial charge is 0.260 e. The number of carbonyl (C=O) groups is 2. The van der Waals surface area contributed by atoms with E-state index >= 15 is 0 Å². The molecule has 3 atom stereocenters. The summed E-state index contributed by atoms with van der Waals surface area (Å²) in [5, 5.41) is 2.88. The largest absolute Gasteiger partial charge is 0.376 e. The van der Waals surface area contributed by atoms with Crippen LogP contribution in [-0.4, -0.2) is 53.7 Å². The molecule has 2 saturated heterocycles. The molecule has 2 heterocycles. The van der Waals surface area contributed by atoms with Gasteiger partial charge in [0.05, 0.1) is 18.1 Å². The summed E-state index contributed by atoms with van der Waals surface area (Å²) in [4.78, 5) is 26.2. The molecule has 6 heteroatoms. The van der Waals surface area contributed by atoms with Crippen LogP contribution < -0.4 is 5.32 Å². The number of nitrogens with zero attached hydrogens (tertiary/aromatic N) is 1. The Morgan fingerprint density at radius 2 is 2.10 bits per heavy atom. The van der Waals surface area contributed by atoms with Crippen molar-refractivity contribution in [3.05, 3.63) is 0 Å². The van der Waals surface area contributed by atoms with E-state index < -0.39 is 11.6 Å². The summed E-state index contributed by atoms with van der Waals surface area (Å²) in [6.07, 6.45) is 1.84. The van der Waals surface area contributed by atoms with Crippen molar-refractivity contribution in [2.45, 2.75) is 63.4 Å². The van der Waals surface area contributed by atoms with Crippen LogP contribution in [0.5, 0.6) is 0 Å². The number of rotatable bonds is 3. The summed E-state index contributed by atoms with van der Waals surface area (Å²) in [6.45, 7) is 4.70. The van der Waals surface area contributed by atoms with Gasteiger partial charge in [-0.25, -0.2) is 4.39 Å². The highest BCUT2D eigenvalue weighted by atomic mass is 19.1. The highest BCUT2D eigenvalue weighted by Gasteiger charge is 2.56. The second-order valence-electron chi connectivity index (χ2n) is 6.78. The molecule has 21 heavy (non-hydrogen) atoms. The van der Waals surface area contributed by atoms with Gasteiger partial charge in [-0.05, 0) is 39.5 Å². The van der Waals surface area contributed by atoms with Crippen LogP contribution >= 0.6 is 0 Å². The molecule has 3 fully saturated rings. The number of fused-ring (bicyclic) bond motifs is 1. The van der Waals surface area contributed by atoms with E-state index in [1.165, 1.54) is 0 Å². The zero-order valence-corrected chi connectivity index (χ0v) is 12.6. The van der Waals surface area contributed by atoms with Crippen LogP contribution in [0.1, 0.15) is 39.5 Å². The Bertz CT molecular complexity index is 450. The quantitative estimate of drug-likeness (QED) is 0.846. The molecule has 1 saturated carbocycles. The molecule has 3 rings (SSSR count). The average Bonchev–Trinajstić information content (AvgIpc) is 3.00. The van der Waals surface area contributed by atoms with E-state index in [2.05, 4.69) is 5.32 Å². The third-order valence-electron chi connectivity index (χ3n) is 4.64. The van der Waals surface area contributed by atoms with Crippen molar-refractivity contribution >= 4 is 11.8 Å². The van der Waals surface area contributed by atoms with Gasteiger partial charge in [0.25, 0.3) is 5.91 Å². The fourth-order valence-corrected chi connectivity index (χ4v) is 3.35. The van der Waals surface area contributed by atoms with Crippen LogP contribution in [0.3, 0.4) is 0 Å². The Labute approximate surface area is 124 Å². The van der Waals surface area contributed by atoms with Gasteiger partial charge in [0.2, 0.25) is 5.91 Å². The molecule has 0 aromatic heterocycles. The number of halogens is 1. The number of alkyl halides is 1. The summed E-state index contributed by atoms with van der Waals surface area (Å²) >= 11 is 0. The van der Waals surface area contributed by atoms with Gasteiger partial charge in [-0.1, -0.05) is 0 Å². The number of amides is 2. The van der Waals surface area contributed by atoms with Crippen molar-refractivity contribution in [2.24, 2.45) is 5.92 Å². The van der Waals surface area contributed by atoms with Crippen LogP contribution in [0, 0.1) is 5.92 Å². The van der Waals surface area contributed by atoms with Crippen molar-refractivity contribution in [1.82, 2.24) is 10.2 Å². The van der Waals surface area contributed by atoms with Gasteiger partial charge < -0.3 is 15.0 Å². The lowest BCUT2D eigenvalue weighted by atomic mass is 9.88. The van der Waals surface area contributed by atoms with Gasteiger partial charge in [-0.3, -0.25) is 9.59 Å². The number of piperidine rings is 1. The minimum absolute atomic E-state index is 0.0554. The van der Waals surface area contributed by atoms with E-state index in [-0.39, 0.29) is 30.0 Å². The summed E-state index contributed by atoms with van der Waals surface area (Å²) in [7, 11) is 0. The second kappa shape index (κ2) is 5.23. The summed E-state index contributed by atoms with van der Waals surface area (Å²) < 4.78 is 19.8. The summed E-state index contributed by atoms with van der Waals surface area (Å²) in [5.41, 5.74) is -1.68. The number of likely N-dealkylation sites (tertiary alicyclic amines) is 1. The average molecular weight is 298 g/mol. The molecule has 2 amide bonds. The highest BCUT2D eigenvalue weighted by Crippen LogP contribution is 2.44. The molecule has 118 valence electrons. The first-order chi connectivity index (χ1) is 9.90. The molecule has 5 nitrogen and oxygen atoms in total. The first-order valence-electron chi connectivity index (χ1n) is 7.83. The number of hydrogen-bond donors (Lipinski definition) is 1. The van der Waals surface area contributed by atoms with Crippen LogP contribution in [0.15, 0.2) is 0 Å². The van der Waals surface area contributed by atoms with E-state index in [9.17, 15) is 14.0 Å². The minimum atomic E-state index is -1.68. The molecular formula is C15H23FN2O3. The van der Waals surface area contributed by atoms with E-state index in [0.29, 0.717) is 32.4 Å². The SMILES string of the molecule is CC(C)NC(=O)[C@@H]1C[C@H]2OCC[C@H]2N(C(=O)C2(F)CC2)C1. The molecule has 1 N–H and O–H groups in total. The summed E-state index contributed by atoms with van der Waals surface area (Å²) in [6, 6.07) is -0.00588. The Morgan fingerprint density at radius 1 is 1.38 bits per heavy atom. The Balaban J connectivity index is 1.74. The standard InChI is InChI=1S/C15H23FN2O3/c1-9(2)17-13(19)10-7-12-11(3-6-21-12)18(8-10)14(20)15(16)4-5-15/h9-12H,3-8H2,1-2H3,(H,17,19)/t10-,11-,12-/m1/s1. The molecule has 0 bridgehead atoms. The Hall–Kier alpha value is -1.17. The predicted octanol–water partition coefficient (Wildman–Crippen LogP) is 1.02. The molecular weight excluding hydrogens is 275 g/mol. The lowest BCUT2D eigenvalue weighted by Gasteiger charge is -2.41. The van der Waals surface area contributed by atoms with Gasteiger partial charge in [0.1, 0.15) is 0 Å². The van der Waals surface area contributed by atoms with Crippen molar-refractivity contribution in [2.75, 3.05) is 13.2 Å². The fraction of sp³-hybridized carbons (Fsp3) is 0.867. The van der Waals surface area contributed by atoms with E-state index in [4.69, 9.17) is 4.74 Å². The van der Waals surface area contributed by atoms with Crippen LogP contribution in [0.4, 0.5) is 4.39 Å². The topological polar surface area (TPSA) is 58.6 Å². The van der Waals surface area contributed by atoms with Crippen LogP contribution in [0.25, 0.3) is 0 Å². The monoisotopic (exact) mass is 298 g/mol. The molecule has 0 spiro atoms. The van der Waals surface area contributed by atoms with Crippen LogP contribution in [-0.2, 0) is 14.3 Å². The fourth-order valence-electron chi connectivity index (χ4n) is 3.35. The third kappa shape index (κ3) is 2.78. The van der Waals surface area contributed by atoms with Gasteiger partial charge in [0, 0.05) is 19.2 Å². The molecule has 2 aliphatic heterocycles. The van der Waals surface area contributed by atoms with E-state index in [0.717, 1.165) is 6.42 Å². The molecule has 0 aromatic rings. The van der Waals surface area contributed by atoms with Crippen LogP contribution in [0.2, 0.25) is 0 Å². The van der Waals surface area contributed by atoms with Gasteiger partial charge >= 0.3 is 0 Å². The van der Waals surface area contributed by atoms with Gasteiger partial charge in [0.15, 0.2) is 5.67 Å². The zero-order valence-electron chi connectivity index (χ0n) is 12.6. The predicted molar refractivity (Wildman–Crippen MR) is 74.3 cm³/mol. The van der Waals surface area contributed by atoms with E-state index in [1.807, 2.05) is 13.8 Å². The van der Waals surface area contributed by atoms with Crippen molar-refractivity contribution in [3.8, 4) is 0 Å². The number of ether oxygens (including phenoxy) is 1. The maximum atomic E-state index is 14.1. The second-order valence-corrected chi connectivity index (χ2v) is 6.78. The Kier molecular flexibility index (Phi) is 3.67. The third-order valence-corrected chi connectivity index (χ3v) is 4.64. The number of hydrogen-bond acceptors (Lipinski definition) is 3. The zero-order chi connectivity index (χ0) is 15.2. The molecule has 1 aliphatic carbocycles. The number of nitrogens with one attached hydrogen (secondary N) is 1. The van der Waals surface area contributed by atoms with E-state index in [1.54, 1.807) is 4.90 Å². The van der Waals surface area contributed by atoms with Gasteiger partial charge in [-0.2, -0.15) is 0 Å². The lowest BCUT2D eigenvalue weighted by Crippen LogP contribution is -2.57. The normalized spacial score (nSPS) is 33.7. The maximum Gasteiger partial charge on any atom is 0.260 e. The van der Waals surface area contributed by atoms with Crippen molar-refractivity contribution in [1.29, 1.82) is 0 Å². The molecule has 3 aliphatic rings. The van der Waals surface area contributed by atoms with Crippen molar-refractivity contribution in [3.63, 3.8) is 0 Å². The molecule has 0 aromatic carbocycles. The highest BCUT2D eigenvalue weighted by molar-refractivity contribution is 5.89. The minimum Gasteiger partial charge on any atom is -0.376 e. The van der Waals surface area contributed by atoms with Crippen molar-refractivity contribution < 1.29 is 18.7 Å². The lowest BCUT2D eigenvalue weighted by molar-refractivity contribution is -0.148. The molecule has 0 radical (unpaired) electrons. The summed E-state index contributed by atoms with van der Waals surface area (Å²) in [5.74, 6) is -0.816.